The third-order valence-electron chi connectivity index (χ3n) is 2.65. The van der Waals surface area contributed by atoms with E-state index in [-0.39, 0.29) is 10.2 Å². The van der Waals surface area contributed by atoms with E-state index in [2.05, 4.69) is 35.2 Å². The van der Waals surface area contributed by atoms with Gasteiger partial charge in [-0.2, -0.15) is 0 Å². The summed E-state index contributed by atoms with van der Waals surface area (Å²) in [5.41, 5.74) is 1.08. The van der Waals surface area contributed by atoms with Crippen molar-refractivity contribution in [3.05, 3.63) is 48.9 Å². The van der Waals surface area contributed by atoms with Gasteiger partial charge in [-0.05, 0) is 48.7 Å². The highest BCUT2D eigenvalue weighted by Crippen LogP contribution is 2.20. The van der Waals surface area contributed by atoms with Gasteiger partial charge in [0.05, 0.1) is 38.1 Å². The molecule has 1 heterocycles. The molecule has 1 aromatic carbocycles. The summed E-state index contributed by atoms with van der Waals surface area (Å²) in [7, 11) is 2.45. The van der Waals surface area contributed by atoms with E-state index in [9.17, 15) is 9.59 Å². The number of carbonyl (C=O) groups is 2. The summed E-state index contributed by atoms with van der Waals surface area (Å²) in [6.07, 6.45) is 1.87. The Morgan fingerprint density at radius 1 is 0.815 bits per heavy atom. The quantitative estimate of drug-likeness (QED) is 0.555. The summed E-state index contributed by atoms with van der Waals surface area (Å²) < 4.78 is 13.5. The zero-order valence-corrected chi connectivity index (χ0v) is 16.1. The molecule has 27 heavy (non-hydrogen) atoms. The van der Waals surface area contributed by atoms with Crippen molar-refractivity contribution in [3.63, 3.8) is 0 Å². The number of rotatable bonds is 2. The Hall–Kier alpha value is -3.18. The molecule has 2 amide bonds. The Labute approximate surface area is 166 Å². The number of benzene rings is 1. The molecule has 0 radical (unpaired) electrons. The lowest BCUT2D eigenvalue weighted by molar-refractivity contribution is 0.176. The molecule has 0 atom stereocenters. The minimum atomic E-state index is -0.689. The van der Waals surface area contributed by atoms with Gasteiger partial charge in [-0.1, -0.05) is 12.1 Å². The normalized spacial score (nSPS) is 8.96. The molecule has 0 bridgehead atoms. The minimum Gasteiger partial charge on any atom is -0.473 e. The van der Waals surface area contributed by atoms with Crippen molar-refractivity contribution in [2.24, 2.45) is 0 Å². The molecule has 144 valence electrons. The lowest BCUT2D eigenvalue weighted by atomic mass is 10.2. The van der Waals surface area contributed by atoms with Gasteiger partial charge in [-0.25, -0.2) is 9.59 Å². The van der Waals surface area contributed by atoms with Crippen LogP contribution in [0.5, 0.6) is 0 Å². The summed E-state index contributed by atoms with van der Waals surface area (Å²) in [5.74, 6) is 0. The molecule has 2 rings (SSSR count). The third kappa shape index (κ3) is 9.18. The number of carbonyl (C=O) groups excluding carboxylic acids is 2. The van der Waals surface area contributed by atoms with Crippen LogP contribution in [-0.4, -0.2) is 36.6 Å². The van der Waals surface area contributed by atoms with Crippen LogP contribution < -0.4 is 21.3 Å². The van der Waals surface area contributed by atoms with Crippen LogP contribution in [0.3, 0.4) is 0 Å². The zero-order valence-electron chi connectivity index (χ0n) is 14.5. The molecule has 0 fully saturated rings. The molecule has 2 aromatic rings. The Balaban J connectivity index is 0.000000625. The first kappa shape index (κ1) is 21.9. The van der Waals surface area contributed by atoms with Crippen LogP contribution in [0, 0.1) is 0 Å². The summed E-state index contributed by atoms with van der Waals surface area (Å²) in [6, 6.07) is 10.6. The smallest absolute Gasteiger partial charge is 0.413 e. The van der Waals surface area contributed by atoms with Gasteiger partial charge in [0.1, 0.15) is 0 Å². The van der Waals surface area contributed by atoms with Gasteiger partial charge in [0.15, 0.2) is 10.2 Å². The van der Waals surface area contributed by atoms with E-state index < -0.39 is 12.2 Å². The maximum atomic E-state index is 11.1. The summed E-state index contributed by atoms with van der Waals surface area (Å²) in [4.78, 5) is 22.1. The fraction of sp³-hybridized carbons (Fsp3) is 0.125. The van der Waals surface area contributed by atoms with Crippen LogP contribution in [0.15, 0.2) is 53.3 Å². The number of ether oxygens (including phenoxy) is 2. The van der Waals surface area contributed by atoms with Crippen molar-refractivity contribution in [2.45, 2.75) is 0 Å². The van der Waals surface area contributed by atoms with Crippen LogP contribution in [-0.2, 0) is 9.47 Å². The van der Waals surface area contributed by atoms with Crippen molar-refractivity contribution < 1.29 is 23.5 Å². The average Bonchev–Trinajstić information content (AvgIpc) is 3.23. The number of hydrogen-bond acceptors (Lipinski definition) is 7. The van der Waals surface area contributed by atoms with Gasteiger partial charge in [-0.3, -0.25) is 10.6 Å². The van der Waals surface area contributed by atoms with E-state index in [0.717, 1.165) is 0 Å². The maximum Gasteiger partial charge on any atom is 0.413 e. The predicted octanol–water partition coefficient (Wildman–Crippen LogP) is 3.07. The molecular weight excluding hydrogens is 392 g/mol. The molecule has 1 aromatic heterocycles. The molecular formula is C16H18N4O5S2. The number of furan rings is 1. The second kappa shape index (κ2) is 12.2. The Bertz CT molecular complexity index is 700. The molecule has 0 aliphatic rings. The van der Waals surface area contributed by atoms with E-state index in [1.54, 1.807) is 36.8 Å². The first-order valence-corrected chi connectivity index (χ1v) is 8.16. The number of nitrogens with one attached hydrogen (secondary N) is 4. The molecule has 9 nitrogen and oxygen atoms in total. The standard InChI is InChI=1S/C12H14N4O4S2.C4H4O/c1-19-11(17)15-9(21)13-7-5-3-4-6-8(7)14-10(22)16-12(18)20-2;1-2-4-5-3-1/h3-6H,1-2H3,(H2,13,15,17,21)(H2,14,16,18,22);1-4H. The first-order chi connectivity index (χ1) is 13.0. The largest absolute Gasteiger partial charge is 0.473 e. The highest BCUT2D eigenvalue weighted by atomic mass is 32.1. The molecule has 0 saturated carbocycles. The molecule has 0 unspecified atom stereocenters. The second-order valence-electron chi connectivity index (χ2n) is 4.48. The number of amides is 2. The van der Waals surface area contributed by atoms with E-state index in [1.165, 1.54) is 14.2 Å². The topological polar surface area (TPSA) is 114 Å². The van der Waals surface area contributed by atoms with Gasteiger partial charge in [0.25, 0.3) is 0 Å². The maximum absolute atomic E-state index is 11.1. The summed E-state index contributed by atoms with van der Waals surface area (Å²) >= 11 is 9.93. The molecule has 0 aliphatic carbocycles. The van der Waals surface area contributed by atoms with E-state index in [1.807, 2.05) is 12.1 Å². The number of hydrogen-bond donors (Lipinski definition) is 4. The highest BCUT2D eigenvalue weighted by Gasteiger charge is 2.09. The van der Waals surface area contributed by atoms with Crippen molar-refractivity contribution in [1.29, 1.82) is 0 Å². The van der Waals surface area contributed by atoms with Gasteiger partial charge < -0.3 is 24.5 Å². The van der Waals surface area contributed by atoms with Crippen molar-refractivity contribution in [2.75, 3.05) is 24.9 Å². The average molecular weight is 410 g/mol. The summed E-state index contributed by atoms with van der Waals surface area (Å²) in [5, 5.41) is 10.3. The molecule has 4 N–H and O–H groups in total. The number of anilines is 2. The third-order valence-corrected chi connectivity index (χ3v) is 3.06. The summed E-state index contributed by atoms with van der Waals surface area (Å²) in [6.45, 7) is 0. The molecule has 0 aliphatic heterocycles. The van der Waals surface area contributed by atoms with Crippen LogP contribution >= 0.6 is 24.4 Å². The monoisotopic (exact) mass is 410 g/mol. The van der Waals surface area contributed by atoms with E-state index >= 15 is 0 Å². The predicted molar refractivity (Wildman–Crippen MR) is 109 cm³/mol. The fourth-order valence-corrected chi connectivity index (χ4v) is 1.91. The van der Waals surface area contributed by atoms with Crippen molar-refractivity contribution in [1.82, 2.24) is 10.6 Å². The Morgan fingerprint density at radius 2 is 1.22 bits per heavy atom. The van der Waals surface area contributed by atoms with Crippen LogP contribution in [0.4, 0.5) is 21.0 Å². The SMILES string of the molecule is COC(=O)NC(=S)Nc1ccccc1NC(=S)NC(=O)OC.c1ccoc1. The molecule has 0 saturated heterocycles. The van der Waals surface area contributed by atoms with Crippen LogP contribution in [0.2, 0.25) is 0 Å². The van der Waals surface area contributed by atoms with Gasteiger partial charge >= 0.3 is 12.2 Å². The minimum absolute atomic E-state index is 0.0490. The van der Waals surface area contributed by atoms with E-state index in [0.29, 0.717) is 11.4 Å². The molecule has 0 spiro atoms. The number of alkyl carbamates (subject to hydrolysis) is 2. The van der Waals surface area contributed by atoms with Crippen LogP contribution in [0.25, 0.3) is 0 Å². The van der Waals surface area contributed by atoms with Crippen molar-refractivity contribution in [3.8, 4) is 0 Å². The fourth-order valence-electron chi connectivity index (χ4n) is 1.52. The number of thiocarbonyl (C=S) groups is 2. The number of methoxy groups -OCH3 is 2. The first-order valence-electron chi connectivity index (χ1n) is 7.34. The Kier molecular flexibility index (Phi) is 9.89. The Morgan fingerprint density at radius 3 is 1.52 bits per heavy atom. The zero-order chi connectivity index (χ0) is 20.1. The second-order valence-corrected chi connectivity index (χ2v) is 5.30. The lowest BCUT2D eigenvalue weighted by Crippen LogP contribution is -2.35. The van der Waals surface area contributed by atoms with Crippen LogP contribution in [0.1, 0.15) is 0 Å². The number of para-hydroxylation sites is 2. The van der Waals surface area contributed by atoms with E-state index in [4.69, 9.17) is 24.4 Å². The van der Waals surface area contributed by atoms with Gasteiger partial charge in [-0.15, -0.1) is 0 Å². The van der Waals surface area contributed by atoms with Crippen molar-refractivity contribution >= 4 is 58.2 Å². The molecule has 11 heteroatoms. The van der Waals surface area contributed by atoms with Gasteiger partial charge in [0.2, 0.25) is 0 Å². The highest BCUT2D eigenvalue weighted by molar-refractivity contribution is 7.80. The van der Waals surface area contributed by atoms with Gasteiger partial charge in [0, 0.05) is 0 Å². The lowest BCUT2D eigenvalue weighted by Gasteiger charge is -2.15.